The standard InChI is InChI=1S/C26H29N3O7S/c1-3-28-16-21(26(31)27-17(2)18-4-7-23-24(14-18)36-13-12-35-23)25(30)20-15-19(5-6-22(20)28)37(32,33)29-8-10-34-11-9-29/h4-7,14-17H,3,8-13H2,1-2H3,(H,27,31)/t17-/m0/s1. The second-order valence-electron chi connectivity index (χ2n) is 8.95. The molecule has 0 saturated carbocycles. The van der Waals surface area contributed by atoms with Crippen molar-refractivity contribution in [3.05, 3.63) is 63.9 Å². The molecule has 1 amide bonds. The number of carbonyl (C=O) groups excluding carboxylic acids is 1. The van der Waals surface area contributed by atoms with Gasteiger partial charge < -0.3 is 24.1 Å². The molecule has 2 aliphatic rings. The quantitative estimate of drug-likeness (QED) is 0.523. The van der Waals surface area contributed by atoms with Gasteiger partial charge in [0.2, 0.25) is 15.5 Å². The van der Waals surface area contributed by atoms with Crippen molar-refractivity contribution in [3.8, 4) is 11.5 Å². The van der Waals surface area contributed by atoms with Crippen LogP contribution in [0.4, 0.5) is 0 Å². The highest BCUT2D eigenvalue weighted by atomic mass is 32.2. The van der Waals surface area contributed by atoms with E-state index in [4.69, 9.17) is 14.2 Å². The van der Waals surface area contributed by atoms with Crippen LogP contribution in [0, 0.1) is 0 Å². The summed E-state index contributed by atoms with van der Waals surface area (Å²) < 4.78 is 45.9. The predicted molar refractivity (Wildman–Crippen MR) is 137 cm³/mol. The van der Waals surface area contributed by atoms with E-state index in [-0.39, 0.29) is 28.9 Å². The van der Waals surface area contributed by atoms with Crippen LogP contribution in [0.25, 0.3) is 10.9 Å². The lowest BCUT2D eigenvalue weighted by atomic mass is 10.1. The number of amides is 1. The number of nitrogens with one attached hydrogen (secondary N) is 1. The van der Waals surface area contributed by atoms with Gasteiger partial charge in [0, 0.05) is 31.2 Å². The third kappa shape index (κ3) is 4.81. The topological polar surface area (TPSA) is 116 Å². The molecule has 2 aliphatic heterocycles. The highest BCUT2D eigenvalue weighted by Crippen LogP contribution is 2.32. The van der Waals surface area contributed by atoms with Gasteiger partial charge in [-0.2, -0.15) is 4.31 Å². The summed E-state index contributed by atoms with van der Waals surface area (Å²) in [5.41, 5.74) is 0.781. The molecule has 1 fully saturated rings. The van der Waals surface area contributed by atoms with Crippen LogP contribution >= 0.6 is 0 Å². The number of fused-ring (bicyclic) bond motifs is 2. The van der Waals surface area contributed by atoms with Gasteiger partial charge in [-0.1, -0.05) is 6.07 Å². The van der Waals surface area contributed by atoms with Crippen LogP contribution in [0.1, 0.15) is 35.8 Å². The van der Waals surface area contributed by atoms with Crippen LogP contribution in [-0.4, -0.2) is 62.7 Å². The lowest BCUT2D eigenvalue weighted by molar-refractivity contribution is 0.0730. The van der Waals surface area contributed by atoms with E-state index in [1.807, 2.05) is 26.0 Å². The number of hydrogen-bond acceptors (Lipinski definition) is 7. The van der Waals surface area contributed by atoms with Crippen molar-refractivity contribution in [1.82, 2.24) is 14.2 Å². The fourth-order valence-corrected chi connectivity index (χ4v) is 6.02. The van der Waals surface area contributed by atoms with Crippen molar-refractivity contribution < 1.29 is 27.4 Å². The molecule has 11 heteroatoms. The third-order valence-electron chi connectivity index (χ3n) is 6.66. The Morgan fingerprint density at radius 1 is 1.03 bits per heavy atom. The van der Waals surface area contributed by atoms with Crippen molar-refractivity contribution in [3.63, 3.8) is 0 Å². The number of sulfonamides is 1. The van der Waals surface area contributed by atoms with Crippen LogP contribution in [0.5, 0.6) is 11.5 Å². The van der Waals surface area contributed by atoms with Crippen LogP contribution in [0.15, 0.2) is 52.3 Å². The number of pyridine rings is 1. The molecule has 3 aromatic rings. The number of benzene rings is 2. The second-order valence-corrected chi connectivity index (χ2v) is 10.9. The lowest BCUT2D eigenvalue weighted by Crippen LogP contribution is -2.40. The van der Waals surface area contributed by atoms with E-state index >= 15 is 0 Å². The Bertz CT molecular complexity index is 1510. The monoisotopic (exact) mass is 527 g/mol. The lowest BCUT2D eigenvalue weighted by Gasteiger charge is -2.26. The average Bonchev–Trinajstić information content (AvgIpc) is 2.93. The largest absolute Gasteiger partial charge is 0.486 e. The van der Waals surface area contributed by atoms with E-state index in [1.54, 1.807) is 16.7 Å². The minimum atomic E-state index is -3.80. The molecule has 1 saturated heterocycles. The number of aromatic nitrogens is 1. The average molecular weight is 528 g/mol. The summed E-state index contributed by atoms with van der Waals surface area (Å²) in [4.78, 5) is 26.7. The fraction of sp³-hybridized carbons (Fsp3) is 0.385. The van der Waals surface area contributed by atoms with Crippen molar-refractivity contribution >= 4 is 26.8 Å². The minimum Gasteiger partial charge on any atom is -0.486 e. The zero-order valence-electron chi connectivity index (χ0n) is 20.7. The highest BCUT2D eigenvalue weighted by Gasteiger charge is 2.27. The van der Waals surface area contributed by atoms with Crippen LogP contribution in [0.3, 0.4) is 0 Å². The van der Waals surface area contributed by atoms with Crippen LogP contribution in [-0.2, 0) is 21.3 Å². The smallest absolute Gasteiger partial charge is 0.257 e. The number of nitrogens with zero attached hydrogens (tertiary/aromatic N) is 2. The van der Waals surface area contributed by atoms with Gasteiger partial charge in [0.15, 0.2) is 11.5 Å². The Kier molecular flexibility index (Phi) is 6.93. The van der Waals surface area contributed by atoms with Gasteiger partial charge in [-0.3, -0.25) is 9.59 Å². The molecule has 0 aliphatic carbocycles. The molecule has 5 rings (SSSR count). The zero-order chi connectivity index (χ0) is 26.2. The second kappa shape index (κ2) is 10.2. The molecular weight excluding hydrogens is 498 g/mol. The van der Waals surface area contributed by atoms with Gasteiger partial charge in [-0.15, -0.1) is 0 Å². The normalized spacial score (nSPS) is 16.9. The van der Waals surface area contributed by atoms with E-state index < -0.39 is 27.4 Å². The van der Waals surface area contributed by atoms with Crippen LogP contribution < -0.4 is 20.2 Å². The fourth-order valence-electron chi connectivity index (χ4n) is 4.58. The van der Waals surface area contributed by atoms with E-state index in [2.05, 4.69) is 5.32 Å². The number of aryl methyl sites for hydroxylation is 1. The van der Waals surface area contributed by atoms with Crippen molar-refractivity contribution in [2.45, 2.75) is 31.3 Å². The third-order valence-corrected chi connectivity index (χ3v) is 8.55. The first-order chi connectivity index (χ1) is 17.8. The molecule has 0 unspecified atom stereocenters. The van der Waals surface area contributed by atoms with Crippen molar-refractivity contribution in [2.24, 2.45) is 0 Å². The molecule has 196 valence electrons. The summed E-state index contributed by atoms with van der Waals surface area (Å²) in [6.07, 6.45) is 1.52. The van der Waals surface area contributed by atoms with Crippen molar-refractivity contribution in [2.75, 3.05) is 39.5 Å². The van der Waals surface area contributed by atoms with Gasteiger partial charge in [0.25, 0.3) is 5.91 Å². The van der Waals surface area contributed by atoms with E-state index in [9.17, 15) is 18.0 Å². The molecule has 3 heterocycles. The maximum atomic E-state index is 13.5. The molecule has 0 bridgehead atoms. The Labute approximate surface area is 214 Å². The summed E-state index contributed by atoms with van der Waals surface area (Å²) in [7, 11) is -3.80. The first-order valence-corrected chi connectivity index (χ1v) is 13.7. The number of morpholine rings is 1. The first kappa shape index (κ1) is 25.2. The van der Waals surface area contributed by atoms with Gasteiger partial charge in [0.05, 0.1) is 29.7 Å². The van der Waals surface area contributed by atoms with Gasteiger partial charge >= 0.3 is 0 Å². The van der Waals surface area contributed by atoms with Crippen molar-refractivity contribution in [1.29, 1.82) is 0 Å². The van der Waals surface area contributed by atoms with E-state index in [0.29, 0.717) is 50.0 Å². The van der Waals surface area contributed by atoms with E-state index in [0.717, 1.165) is 5.56 Å². The summed E-state index contributed by atoms with van der Waals surface area (Å²) in [5, 5.41) is 3.06. The molecule has 1 aromatic heterocycles. The number of carbonyl (C=O) groups is 1. The summed E-state index contributed by atoms with van der Waals surface area (Å²) in [5.74, 6) is 0.715. The first-order valence-electron chi connectivity index (χ1n) is 12.2. The van der Waals surface area contributed by atoms with Gasteiger partial charge in [-0.05, 0) is 49.7 Å². The molecule has 0 radical (unpaired) electrons. The van der Waals surface area contributed by atoms with Gasteiger partial charge in [-0.25, -0.2) is 8.42 Å². The zero-order valence-corrected chi connectivity index (χ0v) is 21.5. The SMILES string of the molecule is CCn1cc(C(=O)N[C@@H](C)c2ccc3c(c2)OCCO3)c(=O)c2cc(S(=O)(=O)N3CCOCC3)ccc21. The minimum absolute atomic E-state index is 0.0175. The molecule has 1 atom stereocenters. The van der Waals surface area contributed by atoms with Gasteiger partial charge in [0.1, 0.15) is 18.8 Å². The maximum Gasteiger partial charge on any atom is 0.257 e. The summed E-state index contributed by atoms with van der Waals surface area (Å²) in [6.45, 7) is 6.28. The predicted octanol–water partition coefficient (Wildman–Crippen LogP) is 2.30. The number of rotatable bonds is 6. The summed E-state index contributed by atoms with van der Waals surface area (Å²) >= 11 is 0. The molecule has 1 N–H and O–H groups in total. The van der Waals surface area contributed by atoms with Crippen LogP contribution in [0.2, 0.25) is 0 Å². The molecule has 37 heavy (non-hydrogen) atoms. The molecular formula is C26H29N3O7S. The highest BCUT2D eigenvalue weighted by molar-refractivity contribution is 7.89. The Morgan fingerprint density at radius 2 is 1.76 bits per heavy atom. The Morgan fingerprint density at radius 3 is 2.49 bits per heavy atom. The van der Waals surface area contributed by atoms with E-state index in [1.165, 1.54) is 22.6 Å². The number of ether oxygens (including phenoxy) is 3. The maximum absolute atomic E-state index is 13.5. The molecule has 0 spiro atoms. The Balaban J connectivity index is 1.48. The molecule has 2 aromatic carbocycles. The number of hydrogen-bond donors (Lipinski definition) is 1. The molecule has 10 nitrogen and oxygen atoms in total. The Hall–Kier alpha value is -3.41. The summed E-state index contributed by atoms with van der Waals surface area (Å²) in [6, 6.07) is 9.52.